The van der Waals surface area contributed by atoms with Crippen molar-refractivity contribution in [2.24, 2.45) is 0 Å². The van der Waals surface area contributed by atoms with Gasteiger partial charge in [0.15, 0.2) is 0 Å². The number of nitrogens with zero attached hydrogens (tertiary/aromatic N) is 4. The van der Waals surface area contributed by atoms with Gasteiger partial charge in [-0.05, 0) is 12.8 Å². The monoisotopic (exact) mass is 443 g/mol. The van der Waals surface area contributed by atoms with Gasteiger partial charge >= 0.3 is 0 Å². The predicted molar refractivity (Wildman–Crippen MR) is 127 cm³/mol. The largest absolute Gasteiger partial charge is 0.351 e. The zero-order valence-corrected chi connectivity index (χ0v) is 18.6. The Morgan fingerprint density at radius 1 is 0.938 bits per heavy atom. The van der Waals surface area contributed by atoms with E-state index in [1.165, 1.54) is 24.2 Å². The van der Waals surface area contributed by atoms with E-state index in [0.29, 0.717) is 17.8 Å². The van der Waals surface area contributed by atoms with Crippen LogP contribution in [0.25, 0.3) is 21.8 Å². The Hall–Kier alpha value is -3.32. The Kier molecular flexibility index (Phi) is 6.07. The minimum atomic E-state index is -0.0980. The van der Waals surface area contributed by atoms with Crippen LogP contribution in [0, 0.1) is 0 Å². The smallest absolute Gasteiger partial charge is 0.263 e. The fourth-order valence-electron chi connectivity index (χ4n) is 4.07. The molecule has 0 bridgehead atoms. The van der Waals surface area contributed by atoms with Gasteiger partial charge in [-0.1, -0.05) is 67.1 Å². The van der Waals surface area contributed by atoms with Crippen LogP contribution in [0.5, 0.6) is 0 Å². The molecule has 1 aliphatic heterocycles. The molecule has 2 aromatic carbocycles. The molecule has 0 unspecified atom stereocenters. The number of fused-ring (bicyclic) bond motifs is 1. The molecule has 162 valence electrons. The van der Waals surface area contributed by atoms with Gasteiger partial charge in [0, 0.05) is 37.1 Å². The first-order chi connectivity index (χ1) is 15.8. The Balaban J connectivity index is 1.35. The van der Waals surface area contributed by atoms with Gasteiger partial charge in [0.2, 0.25) is 0 Å². The number of aryl methyl sites for hydroxylation is 1. The van der Waals surface area contributed by atoms with Crippen LogP contribution in [-0.4, -0.2) is 32.2 Å². The second kappa shape index (κ2) is 9.44. The summed E-state index contributed by atoms with van der Waals surface area (Å²) < 4.78 is 2.23. The van der Waals surface area contributed by atoms with Crippen molar-refractivity contribution in [3.05, 3.63) is 77.2 Å². The molecule has 0 radical (unpaired) electrons. The standard InChI is InChI=1S/C25H25N5OS/c31-24(26-16-15-21-29-28-20-14-8-3-9-17-30(20)21)23-22(18-10-4-1-5-11-18)27-25(32-23)19-12-6-2-7-13-19/h1-2,4-7,10-13H,3,8-9,14-17H2,(H,26,31). The molecule has 6 nitrogen and oxygen atoms in total. The van der Waals surface area contributed by atoms with Gasteiger partial charge in [0.1, 0.15) is 21.5 Å². The molecule has 0 saturated carbocycles. The van der Waals surface area contributed by atoms with E-state index in [4.69, 9.17) is 4.98 Å². The molecular formula is C25H25N5OS. The minimum Gasteiger partial charge on any atom is -0.351 e. The highest BCUT2D eigenvalue weighted by atomic mass is 32.1. The van der Waals surface area contributed by atoms with E-state index in [0.717, 1.165) is 52.9 Å². The molecule has 7 heteroatoms. The van der Waals surface area contributed by atoms with Crippen LogP contribution < -0.4 is 5.32 Å². The fourth-order valence-corrected chi connectivity index (χ4v) is 5.08. The van der Waals surface area contributed by atoms with Crippen LogP contribution >= 0.6 is 11.3 Å². The lowest BCUT2D eigenvalue weighted by Gasteiger charge is -2.08. The first-order valence-electron chi connectivity index (χ1n) is 11.1. The highest BCUT2D eigenvalue weighted by Crippen LogP contribution is 2.33. The molecule has 1 aliphatic rings. The summed E-state index contributed by atoms with van der Waals surface area (Å²) >= 11 is 1.43. The number of thiazole rings is 1. The lowest BCUT2D eigenvalue weighted by Crippen LogP contribution is -2.26. The number of amides is 1. The van der Waals surface area contributed by atoms with Crippen LogP contribution in [0.1, 0.15) is 40.6 Å². The van der Waals surface area contributed by atoms with E-state index in [1.54, 1.807) is 0 Å². The van der Waals surface area contributed by atoms with Gasteiger partial charge in [-0.3, -0.25) is 4.79 Å². The minimum absolute atomic E-state index is 0.0980. The lowest BCUT2D eigenvalue weighted by atomic mass is 10.1. The molecule has 4 aromatic rings. The molecule has 32 heavy (non-hydrogen) atoms. The number of benzene rings is 2. The van der Waals surface area contributed by atoms with Crippen LogP contribution in [0.15, 0.2) is 60.7 Å². The zero-order valence-electron chi connectivity index (χ0n) is 17.8. The summed E-state index contributed by atoms with van der Waals surface area (Å²) in [4.78, 5) is 18.6. The highest BCUT2D eigenvalue weighted by Gasteiger charge is 2.21. The van der Waals surface area contributed by atoms with E-state index in [9.17, 15) is 4.79 Å². The number of hydrogen-bond donors (Lipinski definition) is 1. The number of hydrogen-bond acceptors (Lipinski definition) is 5. The molecule has 0 aliphatic carbocycles. The third-order valence-corrected chi connectivity index (χ3v) is 6.82. The average Bonchev–Trinajstić information content (AvgIpc) is 3.38. The molecule has 1 amide bonds. The number of nitrogens with one attached hydrogen (secondary N) is 1. The lowest BCUT2D eigenvalue weighted by molar-refractivity contribution is 0.0958. The second-order valence-corrected chi connectivity index (χ2v) is 8.93. The van der Waals surface area contributed by atoms with Crippen molar-refractivity contribution in [1.82, 2.24) is 25.1 Å². The maximum atomic E-state index is 13.2. The second-order valence-electron chi connectivity index (χ2n) is 7.93. The fraction of sp³-hybridized carbons (Fsp3) is 0.280. The number of carbonyl (C=O) groups excluding carboxylic acids is 1. The predicted octanol–water partition coefficient (Wildman–Crippen LogP) is 4.77. The van der Waals surface area contributed by atoms with E-state index in [1.807, 2.05) is 60.7 Å². The van der Waals surface area contributed by atoms with E-state index < -0.39 is 0 Å². The van der Waals surface area contributed by atoms with Crippen LogP contribution in [0.3, 0.4) is 0 Å². The Morgan fingerprint density at radius 3 is 2.47 bits per heavy atom. The van der Waals surface area contributed by atoms with Crippen molar-refractivity contribution in [3.8, 4) is 21.8 Å². The third kappa shape index (κ3) is 4.34. The van der Waals surface area contributed by atoms with Crippen molar-refractivity contribution in [2.75, 3.05) is 6.54 Å². The molecule has 0 saturated heterocycles. The summed E-state index contributed by atoms with van der Waals surface area (Å²) in [5, 5.41) is 12.7. The summed E-state index contributed by atoms with van der Waals surface area (Å²) in [6.45, 7) is 1.49. The first kappa shape index (κ1) is 20.6. The Bertz CT molecular complexity index is 1200. The summed E-state index contributed by atoms with van der Waals surface area (Å²) in [5.74, 6) is 1.93. The molecular weight excluding hydrogens is 418 g/mol. The van der Waals surface area contributed by atoms with Gasteiger partial charge in [-0.15, -0.1) is 21.5 Å². The van der Waals surface area contributed by atoms with Gasteiger partial charge in [0.25, 0.3) is 5.91 Å². The zero-order chi connectivity index (χ0) is 21.8. The average molecular weight is 444 g/mol. The van der Waals surface area contributed by atoms with Crippen molar-refractivity contribution in [1.29, 1.82) is 0 Å². The maximum Gasteiger partial charge on any atom is 0.263 e. The van der Waals surface area contributed by atoms with E-state index in [2.05, 4.69) is 20.1 Å². The normalized spacial score (nSPS) is 13.4. The molecule has 0 atom stereocenters. The van der Waals surface area contributed by atoms with E-state index in [-0.39, 0.29) is 5.91 Å². The van der Waals surface area contributed by atoms with Gasteiger partial charge in [-0.2, -0.15) is 0 Å². The number of carbonyl (C=O) groups is 1. The molecule has 1 N–H and O–H groups in total. The first-order valence-corrected chi connectivity index (χ1v) is 11.9. The number of aromatic nitrogens is 4. The van der Waals surface area contributed by atoms with Crippen molar-refractivity contribution in [3.63, 3.8) is 0 Å². The maximum absolute atomic E-state index is 13.2. The van der Waals surface area contributed by atoms with E-state index >= 15 is 0 Å². The SMILES string of the molecule is O=C(NCCc1nnc2n1CCCCC2)c1sc(-c2ccccc2)nc1-c1ccccc1. The summed E-state index contributed by atoms with van der Waals surface area (Å²) in [6, 6.07) is 19.9. The van der Waals surface area contributed by atoms with Gasteiger partial charge < -0.3 is 9.88 Å². The quantitative estimate of drug-likeness (QED) is 0.466. The molecule has 3 heterocycles. The van der Waals surface area contributed by atoms with Gasteiger partial charge in [0.05, 0.1) is 5.69 Å². The van der Waals surface area contributed by atoms with Crippen LogP contribution in [0.4, 0.5) is 0 Å². The summed E-state index contributed by atoms with van der Waals surface area (Å²) in [5.41, 5.74) is 2.68. The molecule has 0 spiro atoms. The van der Waals surface area contributed by atoms with Crippen molar-refractivity contribution in [2.45, 2.75) is 38.6 Å². The van der Waals surface area contributed by atoms with Crippen LogP contribution in [0.2, 0.25) is 0 Å². The molecule has 0 fully saturated rings. The molecule has 2 aromatic heterocycles. The van der Waals surface area contributed by atoms with Crippen LogP contribution in [-0.2, 0) is 19.4 Å². The third-order valence-electron chi connectivity index (χ3n) is 5.72. The Labute approximate surface area is 191 Å². The molecule has 5 rings (SSSR count). The van der Waals surface area contributed by atoms with Crippen molar-refractivity contribution < 1.29 is 4.79 Å². The van der Waals surface area contributed by atoms with Gasteiger partial charge in [-0.25, -0.2) is 4.98 Å². The summed E-state index contributed by atoms with van der Waals surface area (Å²) in [7, 11) is 0. The topological polar surface area (TPSA) is 72.7 Å². The summed E-state index contributed by atoms with van der Waals surface area (Å²) in [6.07, 6.45) is 5.23. The highest BCUT2D eigenvalue weighted by molar-refractivity contribution is 7.17. The van der Waals surface area contributed by atoms with Crippen molar-refractivity contribution >= 4 is 17.2 Å². The number of rotatable bonds is 6. The Morgan fingerprint density at radius 2 is 1.69 bits per heavy atom.